The molecule has 1 aliphatic heterocycles. The summed E-state index contributed by atoms with van der Waals surface area (Å²) < 4.78 is 74.6. The molecule has 1 amide bonds. The van der Waals surface area contributed by atoms with Crippen LogP contribution in [0.3, 0.4) is 0 Å². The average Bonchev–Trinajstić information content (AvgIpc) is 2.84. The lowest BCUT2D eigenvalue weighted by atomic mass is 10.1. The first kappa shape index (κ1) is 18.7. The van der Waals surface area contributed by atoms with Crippen LogP contribution in [0, 0.1) is 0 Å². The van der Waals surface area contributed by atoms with Gasteiger partial charge in [-0.15, -0.1) is 0 Å². The van der Waals surface area contributed by atoms with Crippen LogP contribution in [-0.2, 0) is 20.8 Å². The van der Waals surface area contributed by atoms with Crippen molar-refractivity contribution in [2.75, 3.05) is 12.3 Å². The fraction of sp³-hybridized carbons (Fsp3) is 0.533. The van der Waals surface area contributed by atoms with Crippen molar-refractivity contribution in [3.8, 4) is 0 Å². The van der Waals surface area contributed by atoms with Crippen LogP contribution in [0.25, 0.3) is 0 Å². The number of carbonyl (C=O) groups is 1. The summed E-state index contributed by atoms with van der Waals surface area (Å²) in [6.07, 6.45) is -5.32. The molecular formula is C15H17F4NO3S. The first-order chi connectivity index (χ1) is 11.1. The maximum atomic E-state index is 14.0. The molecule has 2 rings (SSSR count). The summed E-state index contributed by atoms with van der Waals surface area (Å²) in [6.45, 7) is 0.00375. The zero-order valence-corrected chi connectivity index (χ0v) is 13.5. The minimum Gasteiger partial charge on any atom is -0.353 e. The van der Waals surface area contributed by atoms with E-state index in [0.717, 1.165) is 12.1 Å². The third kappa shape index (κ3) is 4.46. The molecule has 0 spiro atoms. The second-order valence-corrected chi connectivity index (χ2v) is 8.09. The summed E-state index contributed by atoms with van der Waals surface area (Å²) in [5, 5.41) is 1.76. The maximum absolute atomic E-state index is 14.0. The Morgan fingerprint density at radius 3 is 2.38 bits per heavy atom. The van der Waals surface area contributed by atoms with Gasteiger partial charge in [-0.2, -0.15) is 13.2 Å². The van der Waals surface area contributed by atoms with Crippen LogP contribution in [0.2, 0.25) is 0 Å². The molecule has 1 saturated heterocycles. The molecule has 0 radical (unpaired) electrons. The number of nitrogens with one attached hydrogen (secondary N) is 1. The maximum Gasteiger partial charge on any atom is 0.416 e. The Morgan fingerprint density at radius 2 is 1.88 bits per heavy atom. The molecular weight excluding hydrogens is 350 g/mol. The van der Waals surface area contributed by atoms with Crippen LogP contribution >= 0.6 is 0 Å². The molecule has 1 N–H and O–H groups in total. The van der Waals surface area contributed by atoms with Crippen molar-refractivity contribution >= 4 is 15.7 Å². The van der Waals surface area contributed by atoms with Crippen LogP contribution in [-0.4, -0.2) is 31.9 Å². The van der Waals surface area contributed by atoms with Gasteiger partial charge in [0.05, 0.1) is 16.6 Å². The van der Waals surface area contributed by atoms with Crippen LogP contribution in [0.5, 0.6) is 0 Å². The molecule has 4 nitrogen and oxygen atoms in total. The summed E-state index contributed by atoms with van der Waals surface area (Å²) in [7, 11) is -3.13. The Bertz CT molecular complexity index is 686. The van der Waals surface area contributed by atoms with Crippen LogP contribution < -0.4 is 5.32 Å². The van der Waals surface area contributed by atoms with E-state index >= 15 is 0 Å². The lowest BCUT2D eigenvalue weighted by Crippen LogP contribution is -2.31. The topological polar surface area (TPSA) is 63.2 Å². The normalized spacial score (nSPS) is 21.4. The monoisotopic (exact) mass is 367 g/mol. The number of benzene rings is 1. The van der Waals surface area contributed by atoms with Crippen molar-refractivity contribution in [3.63, 3.8) is 0 Å². The standard InChI is InChI=1S/C15H17F4NO3S/c16-13(10-3-5-11(6-4-10)15(17,18)19)14(21)20-8-7-12-2-1-9-24(12,22)23/h3-6,12-13H,1-2,7-9H2,(H,20,21). The van der Waals surface area contributed by atoms with Gasteiger partial charge in [-0.05, 0) is 37.0 Å². The van der Waals surface area contributed by atoms with E-state index in [4.69, 9.17) is 0 Å². The largest absolute Gasteiger partial charge is 0.416 e. The highest BCUT2D eigenvalue weighted by molar-refractivity contribution is 7.92. The molecule has 1 aromatic carbocycles. The second kappa shape index (κ2) is 7.08. The Kier molecular flexibility index (Phi) is 5.52. The molecule has 134 valence electrons. The smallest absolute Gasteiger partial charge is 0.353 e. The molecule has 0 saturated carbocycles. The lowest BCUT2D eigenvalue weighted by Gasteiger charge is -2.13. The quantitative estimate of drug-likeness (QED) is 0.814. The first-order valence-electron chi connectivity index (χ1n) is 7.42. The summed E-state index contributed by atoms with van der Waals surface area (Å²) in [4.78, 5) is 11.7. The van der Waals surface area contributed by atoms with Crippen molar-refractivity contribution in [1.82, 2.24) is 5.32 Å². The molecule has 0 bridgehead atoms. The minimum atomic E-state index is -4.53. The van der Waals surface area contributed by atoms with E-state index in [0.29, 0.717) is 25.0 Å². The van der Waals surface area contributed by atoms with Crippen molar-refractivity contribution in [2.45, 2.75) is 36.9 Å². The number of sulfone groups is 1. The van der Waals surface area contributed by atoms with E-state index in [1.165, 1.54) is 0 Å². The number of amides is 1. The number of rotatable bonds is 5. The minimum absolute atomic E-state index is 0.00375. The Hall–Kier alpha value is -1.64. The average molecular weight is 367 g/mol. The van der Waals surface area contributed by atoms with Gasteiger partial charge in [0.15, 0.2) is 9.84 Å². The van der Waals surface area contributed by atoms with Crippen LogP contribution in [0.1, 0.15) is 36.6 Å². The molecule has 1 heterocycles. The number of hydrogen-bond acceptors (Lipinski definition) is 3. The van der Waals surface area contributed by atoms with Gasteiger partial charge in [-0.1, -0.05) is 12.1 Å². The summed E-state index contributed by atoms with van der Waals surface area (Å²) in [5.41, 5.74) is -1.11. The molecule has 9 heteroatoms. The Morgan fingerprint density at radius 1 is 1.25 bits per heavy atom. The van der Waals surface area contributed by atoms with E-state index in [1.54, 1.807) is 0 Å². The van der Waals surface area contributed by atoms with Gasteiger partial charge in [0.25, 0.3) is 5.91 Å². The SMILES string of the molecule is O=C(NCCC1CCCS1(=O)=O)C(F)c1ccc(C(F)(F)F)cc1. The van der Waals surface area contributed by atoms with Gasteiger partial charge in [0.1, 0.15) is 0 Å². The molecule has 0 aromatic heterocycles. The molecule has 0 aliphatic carbocycles. The predicted octanol–water partition coefficient (Wildman–Crippen LogP) is 2.80. The van der Waals surface area contributed by atoms with E-state index in [-0.39, 0.29) is 24.3 Å². The third-order valence-corrected chi connectivity index (χ3v) is 6.33. The highest BCUT2D eigenvalue weighted by atomic mass is 32.2. The van der Waals surface area contributed by atoms with E-state index < -0.39 is 38.9 Å². The van der Waals surface area contributed by atoms with Crippen molar-refractivity contribution < 1.29 is 30.8 Å². The summed E-state index contributed by atoms with van der Waals surface area (Å²) in [6, 6.07) is 3.24. The predicted molar refractivity (Wildman–Crippen MR) is 79.7 cm³/mol. The second-order valence-electron chi connectivity index (χ2n) is 5.69. The highest BCUT2D eigenvalue weighted by Gasteiger charge is 2.32. The number of hydrogen-bond donors (Lipinski definition) is 1. The number of alkyl halides is 4. The fourth-order valence-corrected chi connectivity index (χ4v) is 4.53. The molecule has 1 aromatic rings. The Labute approximate surface area is 137 Å². The van der Waals surface area contributed by atoms with E-state index in [1.807, 2.05) is 0 Å². The molecule has 2 unspecified atom stereocenters. The van der Waals surface area contributed by atoms with Gasteiger partial charge < -0.3 is 5.32 Å². The van der Waals surface area contributed by atoms with Crippen LogP contribution in [0.15, 0.2) is 24.3 Å². The number of carbonyl (C=O) groups excluding carboxylic acids is 1. The van der Waals surface area contributed by atoms with Gasteiger partial charge >= 0.3 is 6.18 Å². The van der Waals surface area contributed by atoms with Gasteiger partial charge in [0.2, 0.25) is 6.17 Å². The molecule has 1 fully saturated rings. The van der Waals surface area contributed by atoms with E-state index in [9.17, 15) is 30.8 Å². The lowest BCUT2D eigenvalue weighted by molar-refractivity contribution is -0.137. The molecule has 24 heavy (non-hydrogen) atoms. The van der Waals surface area contributed by atoms with Crippen LogP contribution in [0.4, 0.5) is 17.6 Å². The highest BCUT2D eigenvalue weighted by Crippen LogP contribution is 2.30. The molecule has 1 aliphatic rings. The Balaban J connectivity index is 1.88. The van der Waals surface area contributed by atoms with Gasteiger partial charge in [0, 0.05) is 6.54 Å². The van der Waals surface area contributed by atoms with Crippen molar-refractivity contribution in [2.24, 2.45) is 0 Å². The zero-order chi connectivity index (χ0) is 18.0. The van der Waals surface area contributed by atoms with Crippen molar-refractivity contribution in [3.05, 3.63) is 35.4 Å². The van der Waals surface area contributed by atoms with E-state index in [2.05, 4.69) is 5.32 Å². The number of halogens is 4. The third-order valence-electron chi connectivity index (χ3n) is 3.99. The zero-order valence-electron chi connectivity index (χ0n) is 12.6. The van der Waals surface area contributed by atoms with Gasteiger partial charge in [-0.3, -0.25) is 4.79 Å². The first-order valence-corrected chi connectivity index (χ1v) is 9.13. The summed E-state index contributed by atoms with van der Waals surface area (Å²) in [5.74, 6) is -0.867. The molecule has 2 atom stereocenters. The summed E-state index contributed by atoms with van der Waals surface area (Å²) >= 11 is 0. The van der Waals surface area contributed by atoms with Crippen molar-refractivity contribution in [1.29, 1.82) is 0 Å². The fourth-order valence-electron chi connectivity index (χ4n) is 2.62. The van der Waals surface area contributed by atoms with Gasteiger partial charge in [-0.25, -0.2) is 12.8 Å².